The molecule has 0 saturated heterocycles. The zero-order valence-electron chi connectivity index (χ0n) is 6.05. The van der Waals surface area contributed by atoms with Crippen LogP contribution in [0.4, 0.5) is 4.79 Å². The van der Waals surface area contributed by atoms with Gasteiger partial charge in [0.05, 0.1) is 13.2 Å². The lowest BCUT2D eigenvalue weighted by molar-refractivity contribution is 0.168. The monoisotopic (exact) mass is 142 g/mol. The van der Waals surface area contributed by atoms with E-state index in [0.717, 1.165) is 0 Å². The van der Waals surface area contributed by atoms with E-state index in [1.54, 1.807) is 0 Å². The van der Waals surface area contributed by atoms with Crippen molar-refractivity contribution in [3.05, 3.63) is 0 Å². The van der Waals surface area contributed by atoms with Gasteiger partial charge < -0.3 is 10.1 Å². The van der Waals surface area contributed by atoms with Crippen LogP contribution in [0.5, 0.6) is 0 Å². The lowest BCUT2D eigenvalue weighted by Crippen LogP contribution is -2.32. The molecular weight excluding hydrogens is 132 g/mol. The summed E-state index contributed by atoms with van der Waals surface area (Å²) in [5, 5.41) is 10.7. The first-order valence-electron chi connectivity index (χ1n) is 2.98. The average molecular weight is 142 g/mol. The quantitative estimate of drug-likeness (QED) is 0.615. The van der Waals surface area contributed by atoms with Crippen molar-refractivity contribution in [2.45, 2.75) is 19.4 Å². The molecule has 1 unspecified atom stereocenters. The van der Waals surface area contributed by atoms with Crippen LogP contribution >= 0.6 is 0 Å². The number of hydrogen-bond donors (Lipinski definition) is 1. The third-order valence-corrected chi connectivity index (χ3v) is 1.04. The molecule has 4 nitrogen and oxygen atoms in total. The first-order chi connectivity index (χ1) is 4.74. The van der Waals surface area contributed by atoms with E-state index in [-0.39, 0.29) is 0 Å². The van der Waals surface area contributed by atoms with Gasteiger partial charge in [-0.05, 0) is 6.42 Å². The van der Waals surface area contributed by atoms with Crippen molar-refractivity contribution >= 4 is 6.09 Å². The molecule has 1 atom stereocenters. The molecule has 0 saturated carbocycles. The Labute approximate surface area is 59.8 Å². The van der Waals surface area contributed by atoms with Gasteiger partial charge in [0.1, 0.15) is 6.04 Å². The van der Waals surface area contributed by atoms with E-state index in [1.807, 2.05) is 13.0 Å². The highest BCUT2D eigenvalue weighted by Gasteiger charge is 2.06. The molecule has 1 amide bonds. The van der Waals surface area contributed by atoms with Crippen molar-refractivity contribution in [2.24, 2.45) is 0 Å². The Morgan fingerprint density at radius 2 is 2.50 bits per heavy atom. The van der Waals surface area contributed by atoms with E-state index in [2.05, 4.69) is 10.1 Å². The Hall–Kier alpha value is -1.24. The summed E-state index contributed by atoms with van der Waals surface area (Å²) in [4.78, 5) is 10.5. The second-order valence-corrected chi connectivity index (χ2v) is 1.73. The van der Waals surface area contributed by atoms with Crippen LogP contribution in [0.15, 0.2) is 0 Å². The van der Waals surface area contributed by atoms with E-state index in [4.69, 9.17) is 5.26 Å². The Kier molecular flexibility index (Phi) is 4.05. The molecule has 0 fully saturated rings. The fourth-order valence-corrected chi connectivity index (χ4v) is 0.427. The van der Waals surface area contributed by atoms with Crippen LogP contribution in [0.25, 0.3) is 0 Å². The van der Waals surface area contributed by atoms with Crippen LogP contribution in [0.2, 0.25) is 0 Å². The van der Waals surface area contributed by atoms with Gasteiger partial charge in [-0.3, -0.25) is 0 Å². The Balaban J connectivity index is 3.66. The van der Waals surface area contributed by atoms with Crippen molar-refractivity contribution < 1.29 is 9.53 Å². The molecule has 1 N–H and O–H groups in total. The summed E-state index contributed by atoms with van der Waals surface area (Å²) in [6.45, 7) is 1.81. The minimum atomic E-state index is -0.562. The Morgan fingerprint density at radius 3 is 2.80 bits per heavy atom. The fourth-order valence-electron chi connectivity index (χ4n) is 0.427. The van der Waals surface area contributed by atoms with E-state index in [1.165, 1.54) is 7.11 Å². The number of ether oxygens (including phenoxy) is 1. The van der Waals surface area contributed by atoms with Gasteiger partial charge in [0, 0.05) is 0 Å². The molecule has 0 aliphatic carbocycles. The maximum absolute atomic E-state index is 10.5. The normalized spacial score (nSPS) is 11.3. The topological polar surface area (TPSA) is 62.1 Å². The number of nitrogens with one attached hydrogen (secondary N) is 1. The van der Waals surface area contributed by atoms with Crippen LogP contribution in [0, 0.1) is 11.3 Å². The molecule has 0 heterocycles. The maximum atomic E-state index is 10.5. The molecule has 0 spiro atoms. The first-order valence-corrected chi connectivity index (χ1v) is 2.98. The number of rotatable bonds is 2. The van der Waals surface area contributed by atoms with Crippen LogP contribution < -0.4 is 5.32 Å². The van der Waals surface area contributed by atoms with Gasteiger partial charge in [0.15, 0.2) is 0 Å². The Morgan fingerprint density at radius 1 is 1.90 bits per heavy atom. The number of hydrogen-bond acceptors (Lipinski definition) is 3. The lowest BCUT2D eigenvalue weighted by Gasteiger charge is -2.05. The average Bonchev–Trinajstić information content (AvgIpc) is 1.99. The van der Waals surface area contributed by atoms with Gasteiger partial charge >= 0.3 is 6.09 Å². The minimum Gasteiger partial charge on any atom is -0.453 e. The van der Waals surface area contributed by atoms with Crippen molar-refractivity contribution in [1.29, 1.82) is 5.26 Å². The molecule has 0 radical (unpaired) electrons. The molecule has 0 aromatic rings. The molecule has 4 heteroatoms. The van der Waals surface area contributed by atoms with Gasteiger partial charge in [-0.1, -0.05) is 6.92 Å². The fraction of sp³-hybridized carbons (Fsp3) is 0.667. The third kappa shape index (κ3) is 2.92. The molecule has 0 aliphatic rings. The number of nitriles is 1. The smallest absolute Gasteiger partial charge is 0.407 e. The van der Waals surface area contributed by atoms with E-state index < -0.39 is 12.1 Å². The molecule has 56 valence electrons. The van der Waals surface area contributed by atoms with Gasteiger partial charge in [0.2, 0.25) is 0 Å². The zero-order valence-corrected chi connectivity index (χ0v) is 6.05. The molecule has 0 rings (SSSR count). The summed E-state index contributed by atoms with van der Waals surface area (Å²) < 4.78 is 4.28. The van der Waals surface area contributed by atoms with E-state index in [0.29, 0.717) is 6.42 Å². The summed E-state index contributed by atoms with van der Waals surface area (Å²) >= 11 is 0. The predicted octanol–water partition coefficient (Wildman–Crippen LogP) is 0.645. The maximum Gasteiger partial charge on any atom is 0.407 e. The molecule has 10 heavy (non-hydrogen) atoms. The van der Waals surface area contributed by atoms with Gasteiger partial charge in [0.25, 0.3) is 0 Å². The van der Waals surface area contributed by atoms with Gasteiger partial charge in [-0.25, -0.2) is 4.79 Å². The predicted molar refractivity (Wildman–Crippen MR) is 35.2 cm³/mol. The number of amides is 1. The lowest BCUT2D eigenvalue weighted by atomic mass is 10.3. The molecule has 0 aromatic heterocycles. The number of alkyl carbamates (subject to hydrolysis) is 1. The molecule has 0 bridgehead atoms. The zero-order chi connectivity index (χ0) is 7.98. The summed E-state index contributed by atoms with van der Waals surface area (Å²) in [5.41, 5.74) is 0. The standard InChI is InChI=1S/C6H10N2O2/c1-3-5(4-7)8-6(9)10-2/h5H,3H2,1-2H3,(H,8,9). The number of carbonyl (C=O) groups excluding carboxylic acids is 1. The largest absolute Gasteiger partial charge is 0.453 e. The summed E-state index contributed by atoms with van der Waals surface area (Å²) in [6, 6.07) is 1.47. The highest BCUT2D eigenvalue weighted by atomic mass is 16.5. The highest BCUT2D eigenvalue weighted by molar-refractivity contribution is 5.67. The summed E-state index contributed by atoms with van der Waals surface area (Å²) in [7, 11) is 1.26. The van der Waals surface area contributed by atoms with Crippen molar-refractivity contribution in [3.63, 3.8) is 0 Å². The number of carbonyl (C=O) groups is 1. The third-order valence-electron chi connectivity index (χ3n) is 1.04. The SMILES string of the molecule is CCC(C#N)NC(=O)OC. The second kappa shape index (κ2) is 4.62. The first kappa shape index (κ1) is 8.76. The summed E-state index contributed by atoms with van der Waals surface area (Å²) in [5.74, 6) is 0. The van der Waals surface area contributed by atoms with Crippen LogP contribution in [0.1, 0.15) is 13.3 Å². The van der Waals surface area contributed by atoms with Gasteiger partial charge in [-0.2, -0.15) is 5.26 Å². The van der Waals surface area contributed by atoms with Crippen LogP contribution in [0.3, 0.4) is 0 Å². The number of methoxy groups -OCH3 is 1. The van der Waals surface area contributed by atoms with Crippen LogP contribution in [-0.4, -0.2) is 19.2 Å². The highest BCUT2D eigenvalue weighted by Crippen LogP contribution is 1.87. The molecule has 0 aromatic carbocycles. The van der Waals surface area contributed by atoms with Gasteiger partial charge in [-0.15, -0.1) is 0 Å². The minimum absolute atomic E-state index is 0.438. The van der Waals surface area contributed by atoms with E-state index >= 15 is 0 Å². The van der Waals surface area contributed by atoms with E-state index in [9.17, 15) is 4.79 Å². The molecular formula is C6H10N2O2. The van der Waals surface area contributed by atoms with Crippen molar-refractivity contribution in [2.75, 3.05) is 7.11 Å². The summed E-state index contributed by atoms with van der Waals surface area (Å²) in [6.07, 6.45) is 0.0272. The second-order valence-electron chi connectivity index (χ2n) is 1.73. The Bertz CT molecular complexity index is 150. The molecule has 0 aliphatic heterocycles. The number of nitrogens with zero attached hydrogens (tertiary/aromatic N) is 1. The van der Waals surface area contributed by atoms with Crippen molar-refractivity contribution in [3.8, 4) is 6.07 Å². The van der Waals surface area contributed by atoms with Crippen LogP contribution in [-0.2, 0) is 4.74 Å². The van der Waals surface area contributed by atoms with Crippen molar-refractivity contribution in [1.82, 2.24) is 5.32 Å².